The Balaban J connectivity index is 4.06. The van der Waals surface area contributed by atoms with Gasteiger partial charge in [0.15, 0.2) is 0 Å². The maximum atomic E-state index is 7.83. The molecule has 0 saturated heterocycles. The summed E-state index contributed by atoms with van der Waals surface area (Å²) in [6.07, 6.45) is 1.05. The third kappa shape index (κ3) is 1760. The van der Waals surface area contributed by atoms with Crippen LogP contribution >= 0.6 is 0 Å². The highest BCUT2D eigenvalue weighted by Crippen LogP contribution is 1.61. The summed E-state index contributed by atoms with van der Waals surface area (Å²) in [7, 11) is -2.92. The summed E-state index contributed by atoms with van der Waals surface area (Å²) in [6.45, 7) is 0. The highest BCUT2D eigenvalue weighted by molar-refractivity contribution is 7.85. The largest absolute Gasteiger partial charge is 0.645 e. The average molecular weight is 99.1 g/mol. The molecule has 5 heavy (non-hydrogen) atoms. The van der Waals surface area contributed by atoms with Crippen molar-refractivity contribution in [1.29, 1.82) is 0 Å². The molecule has 4 heteroatoms. The maximum absolute atomic E-state index is 7.83. The van der Waals surface area contributed by atoms with Gasteiger partial charge in [0, 0.05) is 0 Å². The highest BCUT2D eigenvalue weighted by Gasteiger charge is 2.07. The van der Waals surface area contributed by atoms with E-state index < -0.39 is 10.1 Å². The van der Waals surface area contributed by atoms with Crippen LogP contribution in [0.15, 0.2) is 0 Å². The second kappa shape index (κ2) is 0.948. The molecule has 32 valence electrons. The first kappa shape index (κ1) is 4.91. The zero-order valence-corrected chi connectivity index (χ0v) is 3.62. The number of hydrogen-bond donors (Lipinski definition) is 0. The van der Waals surface area contributed by atoms with Crippen molar-refractivity contribution in [2.24, 2.45) is 0 Å². The quantitative estimate of drug-likeness (QED) is 0.349. The third-order valence-corrected chi connectivity index (χ3v) is 0. The van der Waals surface area contributed by atoms with Gasteiger partial charge in [0.05, 0.1) is 0 Å². The lowest BCUT2D eigenvalue weighted by Crippen LogP contribution is -1.87. The average Bonchev–Trinajstić information content (AvgIpc) is 0.722. The summed E-state index contributed by atoms with van der Waals surface area (Å²) in [5, 5.41) is 0. The van der Waals surface area contributed by atoms with Crippen LogP contribution < -0.4 is 0 Å². The SMILES string of the molecule is CS(=[OH+])(=[OH+])[OH2+]. The van der Waals surface area contributed by atoms with Gasteiger partial charge in [-0.25, -0.2) is 0 Å². The van der Waals surface area contributed by atoms with E-state index in [2.05, 4.69) is 0 Å². The van der Waals surface area contributed by atoms with E-state index in [0.717, 1.165) is 6.26 Å². The van der Waals surface area contributed by atoms with Crippen LogP contribution in [0.4, 0.5) is 0 Å². The monoisotopic (exact) mass is 99.0 g/mol. The first-order valence-electron chi connectivity index (χ1n) is 0.978. The van der Waals surface area contributed by atoms with Gasteiger partial charge in [0.25, 0.3) is 0 Å². The topological polar surface area (TPSA) is 65.7 Å². The molecule has 0 radical (unpaired) electrons. The van der Waals surface area contributed by atoms with Gasteiger partial charge < -0.3 is 0 Å². The van der Waals surface area contributed by atoms with Gasteiger partial charge in [0.1, 0.15) is 0 Å². The summed E-state index contributed by atoms with van der Waals surface area (Å²) >= 11 is 0. The molecule has 0 aromatic heterocycles. The Morgan fingerprint density at radius 3 is 1.60 bits per heavy atom. The minimum absolute atomic E-state index is 1.05. The second-order valence-corrected chi connectivity index (χ2v) is 2.50. The van der Waals surface area contributed by atoms with Crippen molar-refractivity contribution >= 4 is 10.1 Å². The lowest BCUT2D eigenvalue weighted by Gasteiger charge is -1.49. The Hall–Kier alpha value is -0.0900. The van der Waals surface area contributed by atoms with Crippen LogP contribution in [0.2, 0.25) is 0 Å². The summed E-state index contributed by atoms with van der Waals surface area (Å²) < 4.78 is 21.8. The van der Waals surface area contributed by atoms with Gasteiger partial charge in [-0.2, -0.15) is 0 Å². The van der Waals surface area contributed by atoms with E-state index in [1.165, 1.54) is 0 Å². The molecule has 0 aliphatic rings. The predicted molar refractivity (Wildman–Crippen MR) is 20.8 cm³/mol. The van der Waals surface area contributed by atoms with Crippen molar-refractivity contribution < 1.29 is 13.0 Å². The normalized spacial score (nSPS) is 11.6. The van der Waals surface area contributed by atoms with Crippen molar-refractivity contribution in [1.82, 2.24) is 0 Å². The predicted octanol–water partition coefficient (Wildman–Crippen LogP) is -1.02. The molecule has 0 aliphatic carbocycles. The molecule has 0 aromatic carbocycles. The van der Waals surface area contributed by atoms with E-state index in [9.17, 15) is 0 Å². The highest BCUT2D eigenvalue weighted by atomic mass is 32.2. The summed E-state index contributed by atoms with van der Waals surface area (Å²) in [5.41, 5.74) is 0. The molecule has 0 bridgehead atoms. The van der Waals surface area contributed by atoms with Crippen molar-refractivity contribution in [3.63, 3.8) is 0 Å². The van der Waals surface area contributed by atoms with Crippen LogP contribution in [-0.2, 0) is 10.1 Å². The van der Waals surface area contributed by atoms with Crippen LogP contribution in [0.25, 0.3) is 0 Å². The van der Waals surface area contributed by atoms with Crippen LogP contribution in [0, 0.1) is 0 Å². The molecule has 0 aromatic rings. The first-order valence-corrected chi connectivity index (χ1v) is 2.93. The molecule has 0 unspecified atom stereocenters. The molecule has 0 amide bonds. The molecule has 0 spiro atoms. The molecule has 0 saturated carbocycles. The molecule has 0 heterocycles. The van der Waals surface area contributed by atoms with Crippen molar-refractivity contribution in [2.45, 2.75) is 0 Å². The zero-order valence-electron chi connectivity index (χ0n) is 2.80. The molecule has 0 aliphatic heterocycles. The Morgan fingerprint density at radius 2 is 1.60 bits per heavy atom. The lowest BCUT2D eigenvalue weighted by molar-refractivity contribution is 0.514. The Labute approximate surface area is 30.4 Å². The van der Waals surface area contributed by atoms with E-state index in [1.807, 2.05) is 0 Å². The van der Waals surface area contributed by atoms with Crippen LogP contribution in [0.1, 0.15) is 0 Å². The van der Waals surface area contributed by atoms with Crippen LogP contribution in [0.3, 0.4) is 0 Å². The Bertz CT molecular complexity index is 90.1. The Kier molecular flexibility index (Phi) is 0.931. The summed E-state index contributed by atoms with van der Waals surface area (Å²) in [5.74, 6) is 0. The van der Waals surface area contributed by atoms with E-state index >= 15 is 0 Å². The summed E-state index contributed by atoms with van der Waals surface area (Å²) in [4.78, 5) is 0. The van der Waals surface area contributed by atoms with Gasteiger partial charge in [-0.3, -0.25) is 4.55 Å². The van der Waals surface area contributed by atoms with Crippen molar-refractivity contribution in [3.8, 4) is 0 Å². The fourth-order valence-corrected chi connectivity index (χ4v) is 0. The van der Waals surface area contributed by atoms with Gasteiger partial charge in [-0.15, -0.1) is 8.42 Å². The molecular weight excluding hydrogens is 92.1 g/mol. The fraction of sp³-hybridized carbons (Fsp3) is 1.00. The maximum Gasteiger partial charge on any atom is 0.645 e. The zero-order chi connectivity index (χ0) is 4.50. The molecule has 0 rings (SSSR count). The van der Waals surface area contributed by atoms with Crippen molar-refractivity contribution in [3.05, 3.63) is 0 Å². The van der Waals surface area contributed by atoms with Crippen molar-refractivity contribution in [2.75, 3.05) is 6.26 Å². The number of hydrogen-bond acceptors (Lipinski definition) is 0. The lowest BCUT2D eigenvalue weighted by atomic mass is 12.0. The summed E-state index contributed by atoms with van der Waals surface area (Å²) in [6, 6.07) is 0. The van der Waals surface area contributed by atoms with E-state index in [1.54, 1.807) is 0 Å². The van der Waals surface area contributed by atoms with E-state index in [0.29, 0.717) is 0 Å². The van der Waals surface area contributed by atoms with Gasteiger partial charge in [-0.05, 0) is 0 Å². The standard InChI is InChI=1S/CH4O3S/c1-5(2,3)4/h1H3,(H,2,3,4)/p+3. The molecular formula is CH7O3S+3. The van der Waals surface area contributed by atoms with Gasteiger partial charge in [-0.1, -0.05) is 0 Å². The van der Waals surface area contributed by atoms with Crippen LogP contribution in [0.5, 0.6) is 0 Å². The Morgan fingerprint density at radius 1 is 1.60 bits per heavy atom. The second-order valence-electron chi connectivity index (χ2n) is 0.833. The smallest absolute Gasteiger partial charge is 0.253 e. The first-order chi connectivity index (χ1) is 2.00. The van der Waals surface area contributed by atoms with Gasteiger partial charge >= 0.3 is 10.1 Å². The van der Waals surface area contributed by atoms with E-state index in [-0.39, 0.29) is 0 Å². The molecule has 0 atom stereocenters. The van der Waals surface area contributed by atoms with E-state index in [4.69, 9.17) is 13.0 Å². The minimum atomic E-state index is -2.92. The van der Waals surface area contributed by atoms with Gasteiger partial charge in [0.2, 0.25) is 6.26 Å². The molecule has 3 nitrogen and oxygen atoms in total. The third-order valence-electron chi connectivity index (χ3n) is 0. The molecule has 0 fully saturated rings. The number of rotatable bonds is 0. The van der Waals surface area contributed by atoms with Crippen LogP contribution in [-0.4, -0.2) is 19.2 Å². The minimum Gasteiger partial charge on any atom is -0.253 e. The molecule has 4 N–H and O–H groups in total. The fourth-order valence-electron chi connectivity index (χ4n) is 0.